The first kappa shape index (κ1) is 26.6. The van der Waals surface area contributed by atoms with Crippen LogP contribution in [0.1, 0.15) is 67.2 Å². The first-order valence-electron chi connectivity index (χ1n) is 13.4. The van der Waals surface area contributed by atoms with Gasteiger partial charge >= 0.3 is 0 Å². The topological polar surface area (TPSA) is 119 Å². The second-order valence-corrected chi connectivity index (χ2v) is 10.2. The predicted octanol–water partition coefficient (Wildman–Crippen LogP) is 5.35. The molecule has 0 saturated carbocycles. The molecule has 1 aliphatic rings. The molecule has 39 heavy (non-hydrogen) atoms. The van der Waals surface area contributed by atoms with Gasteiger partial charge in [0.1, 0.15) is 28.7 Å². The molecule has 10 heteroatoms. The number of rotatable bonds is 7. The predicted molar refractivity (Wildman–Crippen MR) is 153 cm³/mol. The zero-order valence-electron chi connectivity index (χ0n) is 22.2. The van der Waals surface area contributed by atoms with E-state index in [0.29, 0.717) is 52.8 Å². The lowest BCUT2D eigenvalue weighted by molar-refractivity contribution is -0.132. The summed E-state index contributed by atoms with van der Waals surface area (Å²) in [5.74, 6) is 1.54. The van der Waals surface area contributed by atoms with Gasteiger partial charge in [0.2, 0.25) is 5.91 Å². The molecule has 0 bridgehead atoms. The van der Waals surface area contributed by atoms with Crippen LogP contribution in [0.2, 0.25) is 5.02 Å². The van der Waals surface area contributed by atoms with E-state index in [1.807, 2.05) is 28.5 Å². The number of nitrogen functional groups attached to an aromatic ring is 1. The highest BCUT2D eigenvalue weighted by Crippen LogP contribution is 2.37. The Morgan fingerprint density at radius 2 is 2.03 bits per heavy atom. The molecule has 1 atom stereocenters. The van der Waals surface area contributed by atoms with Gasteiger partial charge in [-0.25, -0.2) is 15.0 Å². The minimum atomic E-state index is -0.331. The molecule has 1 aromatic carbocycles. The van der Waals surface area contributed by atoms with Crippen LogP contribution in [0.25, 0.3) is 16.8 Å². The Labute approximate surface area is 232 Å². The van der Waals surface area contributed by atoms with E-state index in [0.717, 1.165) is 42.8 Å². The van der Waals surface area contributed by atoms with Crippen LogP contribution in [0, 0.1) is 0 Å². The number of imidazole rings is 1. The molecule has 2 amide bonds. The molecule has 1 fully saturated rings. The molecule has 3 aromatic heterocycles. The van der Waals surface area contributed by atoms with E-state index in [4.69, 9.17) is 22.3 Å². The van der Waals surface area contributed by atoms with Crippen LogP contribution < -0.4 is 11.1 Å². The van der Waals surface area contributed by atoms with Crippen LogP contribution in [-0.4, -0.2) is 49.2 Å². The van der Waals surface area contributed by atoms with Gasteiger partial charge in [0.15, 0.2) is 0 Å². The number of benzene rings is 1. The van der Waals surface area contributed by atoms with Gasteiger partial charge in [0.25, 0.3) is 5.91 Å². The average Bonchev–Trinajstić information content (AvgIpc) is 3.35. The molecule has 202 valence electrons. The fourth-order valence-electron chi connectivity index (χ4n) is 5.31. The second-order valence-electron chi connectivity index (χ2n) is 9.79. The first-order valence-corrected chi connectivity index (χ1v) is 13.7. The summed E-state index contributed by atoms with van der Waals surface area (Å²) in [6, 6.07) is 8.94. The van der Waals surface area contributed by atoms with E-state index < -0.39 is 0 Å². The number of aryl methyl sites for hydroxylation is 1. The van der Waals surface area contributed by atoms with Crippen LogP contribution >= 0.6 is 11.6 Å². The number of pyridine rings is 1. The van der Waals surface area contributed by atoms with Gasteiger partial charge in [-0.1, -0.05) is 37.9 Å². The number of amides is 2. The molecule has 4 aromatic rings. The number of nitrogens with one attached hydrogen (secondary N) is 1. The third kappa shape index (κ3) is 5.31. The highest BCUT2D eigenvalue weighted by Gasteiger charge is 2.29. The van der Waals surface area contributed by atoms with Crippen molar-refractivity contribution in [2.75, 3.05) is 24.1 Å². The summed E-state index contributed by atoms with van der Waals surface area (Å²) in [6.45, 7) is 5.35. The van der Waals surface area contributed by atoms with Crippen molar-refractivity contribution < 1.29 is 9.59 Å². The highest BCUT2D eigenvalue weighted by atomic mass is 35.5. The maximum Gasteiger partial charge on any atom is 0.258 e. The van der Waals surface area contributed by atoms with Crippen LogP contribution in [0.15, 0.2) is 48.9 Å². The fourth-order valence-corrected chi connectivity index (χ4v) is 5.56. The van der Waals surface area contributed by atoms with Crippen LogP contribution in [-0.2, 0) is 11.2 Å². The molecular weight excluding hydrogens is 514 g/mol. The molecular formula is C29H32ClN7O2. The van der Waals surface area contributed by atoms with Crippen molar-refractivity contribution in [1.82, 2.24) is 24.3 Å². The van der Waals surface area contributed by atoms with Gasteiger partial charge in [-0.15, -0.1) is 0 Å². The smallest absolute Gasteiger partial charge is 0.258 e. The maximum atomic E-state index is 13.1. The van der Waals surface area contributed by atoms with Crippen molar-refractivity contribution in [3.63, 3.8) is 0 Å². The molecule has 0 radical (unpaired) electrons. The number of anilines is 2. The Morgan fingerprint density at radius 1 is 1.18 bits per heavy atom. The lowest BCUT2D eigenvalue weighted by Gasteiger charge is -2.32. The monoisotopic (exact) mass is 545 g/mol. The van der Waals surface area contributed by atoms with Crippen molar-refractivity contribution in [1.29, 1.82) is 0 Å². The van der Waals surface area contributed by atoms with Gasteiger partial charge in [-0.05, 0) is 49.1 Å². The Morgan fingerprint density at radius 3 is 2.77 bits per heavy atom. The summed E-state index contributed by atoms with van der Waals surface area (Å²) in [6.07, 6.45) is 9.04. The summed E-state index contributed by atoms with van der Waals surface area (Å²) >= 11 is 6.72. The summed E-state index contributed by atoms with van der Waals surface area (Å²) in [4.78, 5) is 41.1. The van der Waals surface area contributed by atoms with Crippen LogP contribution in [0.3, 0.4) is 0 Å². The van der Waals surface area contributed by atoms with Crippen molar-refractivity contribution in [3.05, 3.63) is 70.9 Å². The van der Waals surface area contributed by atoms with Crippen molar-refractivity contribution in [2.24, 2.45) is 0 Å². The zero-order valence-corrected chi connectivity index (χ0v) is 22.9. The minimum absolute atomic E-state index is 0.0609. The molecule has 0 unspecified atom stereocenters. The molecule has 0 spiro atoms. The van der Waals surface area contributed by atoms with E-state index >= 15 is 0 Å². The largest absolute Gasteiger partial charge is 0.382 e. The maximum absolute atomic E-state index is 13.1. The van der Waals surface area contributed by atoms with Gasteiger partial charge in [0.05, 0.1) is 10.6 Å². The van der Waals surface area contributed by atoms with E-state index in [1.165, 1.54) is 0 Å². The zero-order chi connectivity index (χ0) is 27.5. The number of halogens is 1. The third-order valence-corrected chi connectivity index (χ3v) is 7.48. The van der Waals surface area contributed by atoms with Crippen molar-refractivity contribution in [3.8, 4) is 11.3 Å². The molecule has 1 saturated heterocycles. The molecule has 0 aliphatic carbocycles. The highest BCUT2D eigenvalue weighted by molar-refractivity contribution is 6.34. The number of hydrogen-bond acceptors (Lipinski definition) is 6. The SMILES string of the molecule is CCCc1cc(C(=O)Nc2ccccn2)c(Cl)cc1-c1nc([C@@H]2CCCN(C(=O)CC)C2)n2ccnc(N)c12. The summed E-state index contributed by atoms with van der Waals surface area (Å²) in [7, 11) is 0. The minimum Gasteiger partial charge on any atom is -0.382 e. The number of hydrogen-bond donors (Lipinski definition) is 2. The molecule has 5 rings (SSSR count). The fraction of sp³-hybridized carbons (Fsp3) is 0.345. The Bertz CT molecular complexity index is 1520. The summed E-state index contributed by atoms with van der Waals surface area (Å²) in [5.41, 5.74) is 9.92. The van der Waals surface area contributed by atoms with Gasteiger partial charge in [-0.3, -0.25) is 14.0 Å². The van der Waals surface area contributed by atoms with E-state index in [9.17, 15) is 9.59 Å². The Balaban J connectivity index is 1.59. The van der Waals surface area contributed by atoms with Crippen molar-refractivity contribution >= 4 is 40.6 Å². The van der Waals surface area contributed by atoms with Crippen LogP contribution in [0.5, 0.6) is 0 Å². The Hall–Kier alpha value is -3.98. The molecule has 3 N–H and O–H groups in total. The van der Waals surface area contributed by atoms with E-state index in [1.54, 1.807) is 36.7 Å². The normalized spacial score (nSPS) is 15.5. The number of aromatic nitrogens is 4. The number of carbonyl (C=O) groups is 2. The van der Waals surface area contributed by atoms with E-state index in [2.05, 4.69) is 22.2 Å². The van der Waals surface area contributed by atoms with Gasteiger partial charge in [0, 0.05) is 49.6 Å². The molecule has 4 heterocycles. The summed E-state index contributed by atoms with van der Waals surface area (Å²) in [5, 5.41) is 3.12. The number of likely N-dealkylation sites (tertiary alicyclic amines) is 1. The average molecular weight is 546 g/mol. The number of piperidine rings is 1. The molecule has 1 aliphatic heterocycles. The van der Waals surface area contributed by atoms with Gasteiger partial charge in [-0.2, -0.15) is 0 Å². The number of nitrogens with zero attached hydrogens (tertiary/aromatic N) is 5. The molecule has 9 nitrogen and oxygen atoms in total. The van der Waals surface area contributed by atoms with E-state index in [-0.39, 0.29) is 17.7 Å². The number of nitrogens with two attached hydrogens (primary N) is 1. The standard InChI is InChI=1S/C29H32ClN7O2/c1-3-8-18-15-21(29(39)34-23-10-5-6-11-32-23)22(30)16-20(18)25-26-27(31)33-12-14-37(26)28(35-25)19-9-7-13-36(17-19)24(38)4-2/h5-6,10-12,14-16,19H,3-4,7-9,13,17H2,1-2H3,(H2,31,33)(H,32,34,39)/t19-/m1/s1. The lowest BCUT2D eigenvalue weighted by Crippen LogP contribution is -2.39. The number of fused-ring (bicyclic) bond motifs is 1. The Kier molecular flexibility index (Phi) is 7.79. The summed E-state index contributed by atoms with van der Waals surface area (Å²) < 4.78 is 1.99. The van der Waals surface area contributed by atoms with Crippen molar-refractivity contribution in [2.45, 2.75) is 51.9 Å². The lowest BCUT2D eigenvalue weighted by atomic mass is 9.96. The van der Waals surface area contributed by atoms with Gasteiger partial charge < -0.3 is 16.0 Å². The second kappa shape index (κ2) is 11.4. The first-order chi connectivity index (χ1) is 18.9. The number of carbonyl (C=O) groups excluding carboxylic acids is 2. The quantitative estimate of drug-likeness (QED) is 0.323. The van der Waals surface area contributed by atoms with Crippen LogP contribution in [0.4, 0.5) is 11.6 Å². The third-order valence-electron chi connectivity index (χ3n) is 7.17.